The van der Waals surface area contributed by atoms with E-state index in [1.807, 2.05) is 24.3 Å². The number of carbonyl (C=O) groups is 1. The fourth-order valence-corrected chi connectivity index (χ4v) is 5.54. The molecule has 0 spiro atoms. The summed E-state index contributed by atoms with van der Waals surface area (Å²) in [6.07, 6.45) is 0. The van der Waals surface area contributed by atoms with Gasteiger partial charge in [0.05, 0.1) is 18.8 Å². The highest BCUT2D eigenvalue weighted by molar-refractivity contribution is 5.98. The molecule has 5 heteroatoms. The van der Waals surface area contributed by atoms with E-state index in [1.54, 1.807) is 0 Å². The van der Waals surface area contributed by atoms with Crippen LogP contribution >= 0.6 is 0 Å². The molecule has 0 amide bonds. The van der Waals surface area contributed by atoms with Gasteiger partial charge in [-0.15, -0.1) is 0 Å². The van der Waals surface area contributed by atoms with Gasteiger partial charge >= 0.3 is 5.97 Å². The SMILES string of the molecule is C1CO1.CCN(CC)c1ccc(C2(c3c(C)n(CC)c4ccccc34)OC(=O)c3ccccc32)cc1. The Bertz CT molecular complexity index is 1380. The van der Waals surface area contributed by atoms with Gasteiger partial charge in [0.1, 0.15) is 0 Å². The van der Waals surface area contributed by atoms with Crippen LogP contribution in [0, 0.1) is 6.92 Å². The lowest BCUT2D eigenvalue weighted by atomic mass is 9.78. The molecule has 1 saturated heterocycles. The van der Waals surface area contributed by atoms with Crippen molar-refractivity contribution in [3.05, 3.63) is 101 Å². The molecule has 3 heterocycles. The number of anilines is 1. The van der Waals surface area contributed by atoms with Crippen LogP contribution in [0.25, 0.3) is 10.9 Å². The van der Waals surface area contributed by atoms with Crippen LogP contribution in [0.3, 0.4) is 0 Å². The average molecular weight is 483 g/mol. The highest BCUT2D eigenvalue weighted by Crippen LogP contribution is 2.51. The minimum absolute atomic E-state index is 0.272. The number of ether oxygens (including phenoxy) is 2. The number of carbonyl (C=O) groups excluding carboxylic acids is 1. The van der Waals surface area contributed by atoms with Crippen LogP contribution in [0.15, 0.2) is 72.8 Å². The summed E-state index contributed by atoms with van der Waals surface area (Å²) < 4.78 is 13.2. The fraction of sp³-hybridized carbons (Fsp3) is 0.323. The smallest absolute Gasteiger partial charge is 0.340 e. The third-order valence-corrected chi connectivity index (χ3v) is 7.28. The number of epoxide rings is 1. The average Bonchev–Trinajstić information content (AvgIpc) is 3.73. The van der Waals surface area contributed by atoms with Crippen LogP contribution in [-0.2, 0) is 21.6 Å². The summed E-state index contributed by atoms with van der Waals surface area (Å²) in [4.78, 5) is 15.5. The van der Waals surface area contributed by atoms with Crippen LogP contribution in [0.5, 0.6) is 0 Å². The predicted molar refractivity (Wildman–Crippen MR) is 145 cm³/mol. The summed E-state index contributed by atoms with van der Waals surface area (Å²) in [7, 11) is 0. The first kappa shape index (κ1) is 24.1. The van der Waals surface area contributed by atoms with Crippen molar-refractivity contribution in [3.63, 3.8) is 0 Å². The molecule has 0 bridgehead atoms. The van der Waals surface area contributed by atoms with Crippen LogP contribution in [0.1, 0.15) is 53.5 Å². The highest BCUT2D eigenvalue weighted by atomic mass is 16.6. The van der Waals surface area contributed by atoms with E-state index in [9.17, 15) is 4.79 Å². The molecule has 6 rings (SSSR count). The van der Waals surface area contributed by atoms with E-state index in [1.165, 1.54) is 5.69 Å². The van der Waals surface area contributed by atoms with Gasteiger partial charge in [-0.05, 0) is 52.0 Å². The lowest BCUT2D eigenvalue weighted by Crippen LogP contribution is -2.30. The molecule has 0 aliphatic carbocycles. The lowest BCUT2D eigenvalue weighted by Gasteiger charge is -2.31. The third-order valence-electron chi connectivity index (χ3n) is 7.28. The van der Waals surface area contributed by atoms with Crippen LogP contribution < -0.4 is 4.90 Å². The Kier molecular flexibility index (Phi) is 6.59. The molecule has 186 valence electrons. The van der Waals surface area contributed by atoms with Gasteiger partial charge in [-0.2, -0.15) is 0 Å². The van der Waals surface area contributed by atoms with Crippen LogP contribution in [0.2, 0.25) is 0 Å². The maximum absolute atomic E-state index is 13.2. The van der Waals surface area contributed by atoms with Crippen molar-refractivity contribution in [1.29, 1.82) is 0 Å². The van der Waals surface area contributed by atoms with E-state index in [-0.39, 0.29) is 5.97 Å². The largest absolute Gasteiger partial charge is 0.440 e. The first-order valence-electron chi connectivity index (χ1n) is 12.9. The predicted octanol–water partition coefficient (Wildman–Crippen LogP) is 6.29. The molecule has 4 aromatic rings. The Morgan fingerprint density at radius 3 is 2.17 bits per heavy atom. The van der Waals surface area contributed by atoms with E-state index in [0.29, 0.717) is 5.56 Å². The number of rotatable bonds is 6. The Hall–Kier alpha value is -3.57. The maximum Gasteiger partial charge on any atom is 0.340 e. The molecular formula is C31H34N2O3. The zero-order valence-corrected chi connectivity index (χ0v) is 21.6. The molecule has 1 atom stereocenters. The molecule has 36 heavy (non-hydrogen) atoms. The van der Waals surface area contributed by atoms with Gasteiger partial charge in [0, 0.05) is 58.6 Å². The van der Waals surface area contributed by atoms with E-state index in [0.717, 1.165) is 66.1 Å². The molecule has 2 aliphatic rings. The number of para-hydroxylation sites is 1. The van der Waals surface area contributed by atoms with E-state index >= 15 is 0 Å². The second kappa shape index (κ2) is 9.82. The summed E-state index contributed by atoms with van der Waals surface area (Å²) in [6, 6.07) is 24.8. The molecular weight excluding hydrogens is 448 g/mol. The van der Waals surface area contributed by atoms with Crippen molar-refractivity contribution in [3.8, 4) is 0 Å². The third kappa shape index (κ3) is 3.88. The van der Waals surface area contributed by atoms with Gasteiger partial charge in [-0.3, -0.25) is 0 Å². The first-order valence-corrected chi connectivity index (χ1v) is 12.9. The monoisotopic (exact) mass is 482 g/mol. The van der Waals surface area contributed by atoms with Crippen LogP contribution in [-0.4, -0.2) is 36.8 Å². The van der Waals surface area contributed by atoms with Crippen molar-refractivity contribution in [2.24, 2.45) is 0 Å². The van der Waals surface area contributed by atoms with Gasteiger partial charge in [-0.1, -0.05) is 48.5 Å². The van der Waals surface area contributed by atoms with Gasteiger partial charge in [0.2, 0.25) is 0 Å². The van der Waals surface area contributed by atoms with Crippen molar-refractivity contribution < 1.29 is 14.3 Å². The van der Waals surface area contributed by atoms with Crippen molar-refractivity contribution in [2.45, 2.75) is 39.8 Å². The Morgan fingerprint density at radius 1 is 0.889 bits per heavy atom. The number of aromatic nitrogens is 1. The van der Waals surface area contributed by atoms with Crippen molar-refractivity contribution >= 4 is 22.6 Å². The fourth-order valence-electron chi connectivity index (χ4n) is 5.54. The Balaban J connectivity index is 0.000000828. The second-order valence-electron chi connectivity index (χ2n) is 9.17. The van der Waals surface area contributed by atoms with Gasteiger partial charge < -0.3 is 18.9 Å². The quantitative estimate of drug-likeness (QED) is 0.239. The highest BCUT2D eigenvalue weighted by Gasteiger charge is 2.50. The van der Waals surface area contributed by atoms with Gasteiger partial charge in [0.15, 0.2) is 5.60 Å². The minimum atomic E-state index is -0.987. The molecule has 1 unspecified atom stereocenters. The molecule has 3 aromatic carbocycles. The standard InChI is InChI=1S/C29H30N2O2.C2H4O/c1-5-30(6-2)22-18-16-21(17-19-22)29(25-14-10-8-12-23(25)28(32)33-29)27-20(4)31(7-3)26-15-11-9-13-24(26)27;1-2-3-1/h8-19H,5-7H2,1-4H3;1-2H2. The zero-order chi connectivity index (χ0) is 25.3. The molecule has 1 fully saturated rings. The number of hydrogen-bond donors (Lipinski definition) is 0. The maximum atomic E-state index is 13.2. The van der Waals surface area contributed by atoms with E-state index < -0.39 is 5.60 Å². The number of aryl methyl sites for hydroxylation is 1. The molecule has 0 N–H and O–H groups in total. The van der Waals surface area contributed by atoms with E-state index in [2.05, 4.69) is 90.4 Å². The number of benzene rings is 3. The summed E-state index contributed by atoms with van der Waals surface area (Å²) in [6.45, 7) is 13.4. The topological polar surface area (TPSA) is 47.0 Å². The minimum Gasteiger partial charge on any atom is -0.440 e. The first-order chi connectivity index (χ1) is 17.6. The molecule has 0 radical (unpaired) electrons. The Labute approximate surface area is 213 Å². The Morgan fingerprint density at radius 2 is 1.53 bits per heavy atom. The normalized spacial score (nSPS) is 17.8. The van der Waals surface area contributed by atoms with Gasteiger partial charge in [0.25, 0.3) is 0 Å². The molecule has 5 nitrogen and oxygen atoms in total. The zero-order valence-electron chi connectivity index (χ0n) is 21.6. The number of nitrogens with zero attached hydrogens (tertiary/aromatic N) is 2. The lowest BCUT2D eigenvalue weighted by molar-refractivity contribution is 0.0253. The van der Waals surface area contributed by atoms with Crippen molar-refractivity contribution in [1.82, 2.24) is 4.57 Å². The van der Waals surface area contributed by atoms with Gasteiger partial charge in [-0.25, -0.2) is 4.79 Å². The van der Waals surface area contributed by atoms with Crippen LogP contribution in [0.4, 0.5) is 5.69 Å². The summed E-state index contributed by atoms with van der Waals surface area (Å²) in [5.41, 5.74) is 6.03. The van der Waals surface area contributed by atoms with E-state index in [4.69, 9.17) is 4.74 Å². The number of hydrogen-bond acceptors (Lipinski definition) is 4. The molecule has 0 saturated carbocycles. The number of cyclic esters (lactones) is 1. The summed E-state index contributed by atoms with van der Waals surface area (Å²) in [5, 5.41) is 1.12. The van der Waals surface area contributed by atoms with Crippen molar-refractivity contribution in [2.75, 3.05) is 31.2 Å². The molecule has 2 aliphatic heterocycles. The summed E-state index contributed by atoms with van der Waals surface area (Å²) in [5.74, 6) is -0.272. The number of esters is 1. The summed E-state index contributed by atoms with van der Waals surface area (Å²) >= 11 is 0. The number of fused-ring (bicyclic) bond motifs is 2. The molecule has 1 aromatic heterocycles. The second-order valence-corrected chi connectivity index (χ2v) is 9.17.